The fourth-order valence-electron chi connectivity index (χ4n) is 2.56. The minimum atomic E-state index is 0.0395. The van der Waals surface area contributed by atoms with Crippen molar-refractivity contribution in [3.8, 4) is 0 Å². The summed E-state index contributed by atoms with van der Waals surface area (Å²) in [4.78, 5) is 15.9. The van der Waals surface area contributed by atoms with Crippen molar-refractivity contribution in [2.75, 3.05) is 11.1 Å². The first-order chi connectivity index (χ1) is 11.7. The highest BCUT2D eigenvalue weighted by molar-refractivity contribution is 8.14. The molecule has 2 aliphatic rings. The van der Waals surface area contributed by atoms with Crippen LogP contribution in [0.15, 0.2) is 52.6 Å². The topological polar surface area (TPSA) is 65.8 Å². The standard InChI is InChI=1S/C17H13ClN4OS/c18-12-2-4-13(5-3-12)19-17-22-21-15(9-24-17)10-1-6-14-11(7-10)8-16(23)20-14/h1-7H,8-9H2,(H,19,22)(H,20,23). The van der Waals surface area contributed by atoms with E-state index in [2.05, 4.69) is 20.8 Å². The highest BCUT2D eigenvalue weighted by Crippen LogP contribution is 2.26. The van der Waals surface area contributed by atoms with Gasteiger partial charge >= 0.3 is 0 Å². The average molecular weight is 357 g/mol. The number of amides is 1. The maximum absolute atomic E-state index is 11.4. The Hall–Kier alpha value is -2.31. The largest absolute Gasteiger partial charge is 0.326 e. The Morgan fingerprint density at radius 1 is 1.17 bits per heavy atom. The zero-order chi connectivity index (χ0) is 16.5. The van der Waals surface area contributed by atoms with Crippen molar-refractivity contribution < 1.29 is 4.79 Å². The van der Waals surface area contributed by atoms with Crippen LogP contribution in [0.4, 0.5) is 11.4 Å². The first kappa shape index (κ1) is 15.2. The average Bonchev–Trinajstić information content (AvgIpc) is 2.97. The van der Waals surface area contributed by atoms with Crippen LogP contribution in [-0.4, -0.2) is 22.5 Å². The van der Waals surface area contributed by atoms with Gasteiger partial charge < -0.3 is 5.32 Å². The number of aliphatic imine (C=N–C) groups is 1. The molecular formula is C17H13ClN4OS. The summed E-state index contributed by atoms with van der Waals surface area (Å²) in [5.74, 6) is 0.761. The molecule has 2 heterocycles. The van der Waals surface area contributed by atoms with Crippen LogP contribution in [-0.2, 0) is 11.2 Å². The first-order valence-electron chi connectivity index (χ1n) is 7.40. The van der Waals surface area contributed by atoms with Gasteiger partial charge in [-0.15, -0.1) is 0 Å². The van der Waals surface area contributed by atoms with Gasteiger partial charge in [-0.3, -0.25) is 10.2 Å². The molecule has 120 valence electrons. The zero-order valence-corrected chi connectivity index (χ0v) is 14.1. The SMILES string of the molecule is O=C1Cc2cc(C3=NNC(=Nc4ccc(Cl)cc4)SC3)ccc2N1. The van der Waals surface area contributed by atoms with Crippen molar-refractivity contribution in [3.63, 3.8) is 0 Å². The van der Waals surface area contributed by atoms with Gasteiger partial charge in [0.15, 0.2) is 5.17 Å². The highest BCUT2D eigenvalue weighted by Gasteiger charge is 2.20. The summed E-state index contributed by atoms with van der Waals surface area (Å²) < 4.78 is 0. The molecule has 0 bridgehead atoms. The number of thioether (sulfide) groups is 1. The fourth-order valence-corrected chi connectivity index (χ4v) is 3.47. The van der Waals surface area contributed by atoms with Gasteiger partial charge in [-0.25, -0.2) is 4.99 Å². The number of hydrazone groups is 1. The zero-order valence-electron chi connectivity index (χ0n) is 12.5. The number of carbonyl (C=O) groups is 1. The Morgan fingerprint density at radius 3 is 2.75 bits per heavy atom. The maximum Gasteiger partial charge on any atom is 0.228 e. The summed E-state index contributed by atoms with van der Waals surface area (Å²) in [6.45, 7) is 0. The van der Waals surface area contributed by atoms with Gasteiger partial charge in [0, 0.05) is 16.5 Å². The van der Waals surface area contributed by atoms with Crippen LogP contribution in [0.2, 0.25) is 5.02 Å². The van der Waals surface area contributed by atoms with E-state index in [0.29, 0.717) is 11.4 Å². The molecular weight excluding hydrogens is 344 g/mol. The minimum Gasteiger partial charge on any atom is -0.326 e. The molecule has 0 saturated carbocycles. The van der Waals surface area contributed by atoms with Crippen molar-refractivity contribution in [2.45, 2.75) is 6.42 Å². The van der Waals surface area contributed by atoms with E-state index in [1.54, 1.807) is 11.8 Å². The number of nitrogens with zero attached hydrogens (tertiary/aromatic N) is 2. The number of anilines is 1. The van der Waals surface area contributed by atoms with E-state index >= 15 is 0 Å². The van der Waals surface area contributed by atoms with E-state index in [9.17, 15) is 4.79 Å². The molecule has 5 nitrogen and oxygen atoms in total. The lowest BCUT2D eigenvalue weighted by atomic mass is 10.1. The minimum absolute atomic E-state index is 0.0395. The lowest BCUT2D eigenvalue weighted by Crippen LogP contribution is -2.25. The monoisotopic (exact) mass is 356 g/mol. The van der Waals surface area contributed by atoms with Crippen molar-refractivity contribution in [1.82, 2.24) is 5.43 Å². The number of fused-ring (bicyclic) bond motifs is 1. The van der Waals surface area contributed by atoms with Crippen molar-refractivity contribution in [1.29, 1.82) is 0 Å². The number of carbonyl (C=O) groups excluding carboxylic acids is 1. The number of nitrogens with one attached hydrogen (secondary N) is 2. The van der Waals surface area contributed by atoms with Gasteiger partial charge in [0.25, 0.3) is 0 Å². The van der Waals surface area contributed by atoms with E-state index in [4.69, 9.17) is 11.6 Å². The third-order valence-electron chi connectivity index (χ3n) is 3.75. The molecule has 0 aliphatic carbocycles. The van der Waals surface area contributed by atoms with Crippen LogP contribution >= 0.6 is 23.4 Å². The summed E-state index contributed by atoms with van der Waals surface area (Å²) in [5.41, 5.74) is 7.70. The summed E-state index contributed by atoms with van der Waals surface area (Å²) in [5, 5.41) is 8.70. The molecule has 0 aromatic heterocycles. The van der Waals surface area contributed by atoms with Crippen LogP contribution in [0.25, 0.3) is 0 Å². The smallest absolute Gasteiger partial charge is 0.228 e. The number of rotatable bonds is 2. The van der Waals surface area contributed by atoms with Crippen molar-refractivity contribution >= 4 is 51.5 Å². The number of halogens is 1. The quantitative estimate of drug-likeness (QED) is 0.864. The number of benzene rings is 2. The lowest BCUT2D eigenvalue weighted by Gasteiger charge is -2.15. The number of hydrogen-bond donors (Lipinski definition) is 2. The second kappa shape index (κ2) is 6.30. The molecule has 0 unspecified atom stereocenters. The van der Waals surface area contributed by atoms with E-state index in [1.165, 1.54) is 0 Å². The van der Waals surface area contributed by atoms with Gasteiger partial charge in [0.05, 0.1) is 17.8 Å². The Bertz CT molecular complexity index is 877. The summed E-state index contributed by atoms with van der Waals surface area (Å²) in [7, 11) is 0. The summed E-state index contributed by atoms with van der Waals surface area (Å²) in [6, 6.07) is 13.3. The molecule has 7 heteroatoms. The molecule has 2 aromatic carbocycles. The Balaban J connectivity index is 1.52. The van der Waals surface area contributed by atoms with E-state index in [1.807, 2.05) is 42.5 Å². The molecule has 0 fully saturated rings. The maximum atomic E-state index is 11.4. The van der Waals surface area contributed by atoms with Crippen LogP contribution in [0.5, 0.6) is 0 Å². The van der Waals surface area contributed by atoms with Crippen molar-refractivity contribution in [2.24, 2.45) is 10.1 Å². The van der Waals surface area contributed by atoms with Crippen LogP contribution < -0.4 is 10.7 Å². The van der Waals surface area contributed by atoms with E-state index in [0.717, 1.165) is 39.1 Å². The van der Waals surface area contributed by atoms with E-state index < -0.39 is 0 Å². The number of amidine groups is 1. The van der Waals surface area contributed by atoms with Gasteiger partial charge in [0.2, 0.25) is 5.91 Å². The molecule has 4 rings (SSSR count). The van der Waals surface area contributed by atoms with Gasteiger partial charge in [-0.2, -0.15) is 5.10 Å². The molecule has 2 N–H and O–H groups in total. The Morgan fingerprint density at radius 2 is 2.00 bits per heavy atom. The third-order valence-corrected chi connectivity index (χ3v) is 4.88. The van der Waals surface area contributed by atoms with Crippen LogP contribution in [0.1, 0.15) is 11.1 Å². The van der Waals surface area contributed by atoms with Gasteiger partial charge in [-0.05, 0) is 47.5 Å². The second-order valence-corrected chi connectivity index (χ2v) is 6.85. The fraction of sp³-hybridized carbons (Fsp3) is 0.118. The highest BCUT2D eigenvalue weighted by atomic mass is 35.5. The van der Waals surface area contributed by atoms with Gasteiger partial charge in [-0.1, -0.05) is 29.4 Å². The molecule has 2 aliphatic heterocycles. The molecule has 0 radical (unpaired) electrons. The molecule has 2 aromatic rings. The Labute approximate surface area is 148 Å². The summed E-state index contributed by atoms with van der Waals surface area (Å²) in [6.07, 6.45) is 0.431. The Kier molecular flexibility index (Phi) is 4.00. The molecule has 0 saturated heterocycles. The van der Waals surface area contributed by atoms with Crippen molar-refractivity contribution in [3.05, 3.63) is 58.6 Å². The normalized spacial score (nSPS) is 18.0. The number of hydrogen-bond acceptors (Lipinski definition) is 4. The molecule has 1 amide bonds. The molecule has 24 heavy (non-hydrogen) atoms. The van der Waals surface area contributed by atoms with Gasteiger partial charge in [0.1, 0.15) is 0 Å². The lowest BCUT2D eigenvalue weighted by molar-refractivity contribution is -0.115. The second-order valence-electron chi connectivity index (χ2n) is 5.45. The predicted octanol–water partition coefficient (Wildman–Crippen LogP) is 3.56. The summed E-state index contributed by atoms with van der Waals surface area (Å²) >= 11 is 7.47. The predicted molar refractivity (Wildman–Crippen MR) is 99.5 cm³/mol. The van der Waals surface area contributed by atoms with Crippen LogP contribution in [0.3, 0.4) is 0 Å². The third kappa shape index (κ3) is 3.16. The molecule has 0 spiro atoms. The molecule has 0 atom stereocenters. The van der Waals surface area contributed by atoms with Crippen LogP contribution in [0, 0.1) is 0 Å². The first-order valence-corrected chi connectivity index (χ1v) is 8.76. The van der Waals surface area contributed by atoms with E-state index in [-0.39, 0.29) is 5.91 Å².